The van der Waals surface area contributed by atoms with Crippen LogP contribution in [0.3, 0.4) is 0 Å². The fourth-order valence-corrected chi connectivity index (χ4v) is 1.00. The van der Waals surface area contributed by atoms with E-state index in [1.807, 2.05) is 6.07 Å². The minimum absolute atomic E-state index is 0.162. The summed E-state index contributed by atoms with van der Waals surface area (Å²) in [7, 11) is 1.19. The van der Waals surface area contributed by atoms with E-state index in [0.717, 1.165) is 0 Å². The summed E-state index contributed by atoms with van der Waals surface area (Å²) in [6.07, 6.45) is 0.162. The SMILES string of the molecule is COC(=O)[C@@H](C[C@H](C)C#N)NC(=O)CO. The van der Waals surface area contributed by atoms with Gasteiger partial charge >= 0.3 is 5.97 Å². The van der Waals surface area contributed by atoms with E-state index < -0.39 is 24.5 Å². The van der Waals surface area contributed by atoms with Gasteiger partial charge in [0.25, 0.3) is 0 Å². The predicted octanol–water partition coefficient (Wildman–Crippen LogP) is -0.814. The van der Waals surface area contributed by atoms with Gasteiger partial charge in [0.15, 0.2) is 0 Å². The number of methoxy groups -OCH3 is 1. The maximum absolute atomic E-state index is 11.2. The molecule has 0 aliphatic heterocycles. The molecule has 0 radical (unpaired) electrons. The van der Waals surface area contributed by atoms with Crippen molar-refractivity contribution < 1.29 is 19.4 Å². The van der Waals surface area contributed by atoms with Gasteiger partial charge in [-0.3, -0.25) is 4.79 Å². The van der Waals surface area contributed by atoms with E-state index in [1.54, 1.807) is 6.92 Å². The number of carbonyl (C=O) groups is 2. The van der Waals surface area contributed by atoms with Gasteiger partial charge in [0.05, 0.1) is 13.2 Å². The molecule has 0 heterocycles. The van der Waals surface area contributed by atoms with Crippen molar-refractivity contribution in [3.05, 3.63) is 0 Å². The molecular weight excluding hydrogens is 200 g/mol. The summed E-state index contributed by atoms with van der Waals surface area (Å²) in [5.74, 6) is -1.68. The van der Waals surface area contributed by atoms with Crippen LogP contribution in [0.4, 0.5) is 0 Å². The molecule has 0 aromatic heterocycles. The molecule has 84 valence electrons. The quantitative estimate of drug-likeness (QED) is 0.583. The minimum atomic E-state index is -0.885. The largest absolute Gasteiger partial charge is 0.467 e. The third-order valence-electron chi connectivity index (χ3n) is 1.77. The second-order valence-electron chi connectivity index (χ2n) is 3.07. The Labute approximate surface area is 87.8 Å². The third kappa shape index (κ3) is 4.98. The van der Waals surface area contributed by atoms with Crippen molar-refractivity contribution in [3.63, 3.8) is 0 Å². The number of nitrogens with one attached hydrogen (secondary N) is 1. The average Bonchev–Trinajstić information content (AvgIpc) is 2.26. The van der Waals surface area contributed by atoms with Crippen LogP contribution in [0.5, 0.6) is 0 Å². The molecule has 0 aromatic carbocycles. The van der Waals surface area contributed by atoms with Crippen LogP contribution in [-0.2, 0) is 14.3 Å². The first-order chi connectivity index (χ1) is 7.04. The summed E-state index contributed by atoms with van der Waals surface area (Å²) >= 11 is 0. The van der Waals surface area contributed by atoms with Crippen LogP contribution in [0.15, 0.2) is 0 Å². The summed E-state index contributed by atoms with van der Waals surface area (Å²) in [5, 5.41) is 19.3. The highest BCUT2D eigenvalue weighted by Gasteiger charge is 2.23. The molecule has 0 saturated heterocycles. The van der Waals surface area contributed by atoms with E-state index >= 15 is 0 Å². The molecule has 0 rings (SSSR count). The number of amides is 1. The number of aliphatic hydroxyl groups excluding tert-OH is 1. The molecule has 1 amide bonds. The summed E-state index contributed by atoms with van der Waals surface area (Å²) in [6.45, 7) is 0.926. The zero-order valence-corrected chi connectivity index (χ0v) is 8.69. The van der Waals surface area contributed by atoms with Gasteiger partial charge in [0.2, 0.25) is 5.91 Å². The second kappa shape index (κ2) is 6.79. The van der Waals surface area contributed by atoms with Crippen LogP contribution in [-0.4, -0.2) is 36.7 Å². The van der Waals surface area contributed by atoms with E-state index in [-0.39, 0.29) is 12.3 Å². The van der Waals surface area contributed by atoms with E-state index in [9.17, 15) is 9.59 Å². The van der Waals surface area contributed by atoms with Crippen LogP contribution < -0.4 is 5.32 Å². The molecular formula is C9H14N2O4. The standard InChI is InChI=1S/C9H14N2O4/c1-6(4-10)3-7(9(14)15-2)11-8(13)5-12/h6-7,12H,3,5H2,1-2H3,(H,11,13)/t6-,7+/m0/s1. The Kier molecular flexibility index (Phi) is 6.06. The molecule has 0 unspecified atom stereocenters. The lowest BCUT2D eigenvalue weighted by Crippen LogP contribution is -2.43. The van der Waals surface area contributed by atoms with Crippen molar-refractivity contribution in [2.75, 3.05) is 13.7 Å². The lowest BCUT2D eigenvalue weighted by molar-refractivity contribution is -0.145. The summed E-state index contributed by atoms with van der Waals surface area (Å²) in [4.78, 5) is 22.0. The first-order valence-corrected chi connectivity index (χ1v) is 4.42. The van der Waals surface area contributed by atoms with E-state index in [1.165, 1.54) is 7.11 Å². The van der Waals surface area contributed by atoms with Gasteiger partial charge in [-0.15, -0.1) is 0 Å². The van der Waals surface area contributed by atoms with Crippen molar-refractivity contribution in [2.24, 2.45) is 5.92 Å². The number of ether oxygens (including phenoxy) is 1. The van der Waals surface area contributed by atoms with Crippen molar-refractivity contribution in [1.82, 2.24) is 5.32 Å². The molecule has 15 heavy (non-hydrogen) atoms. The Bertz CT molecular complexity index is 272. The van der Waals surface area contributed by atoms with E-state index in [2.05, 4.69) is 10.1 Å². The summed E-state index contributed by atoms with van der Waals surface area (Å²) in [5.41, 5.74) is 0. The number of carbonyl (C=O) groups excluding carboxylic acids is 2. The molecule has 0 bridgehead atoms. The first-order valence-electron chi connectivity index (χ1n) is 4.42. The van der Waals surface area contributed by atoms with Gasteiger partial charge in [-0.25, -0.2) is 4.79 Å². The number of hydrogen-bond acceptors (Lipinski definition) is 5. The van der Waals surface area contributed by atoms with Crippen LogP contribution in [0.25, 0.3) is 0 Å². The highest BCUT2D eigenvalue weighted by molar-refractivity contribution is 5.84. The number of esters is 1. The van der Waals surface area contributed by atoms with Crippen molar-refractivity contribution in [3.8, 4) is 6.07 Å². The van der Waals surface area contributed by atoms with Crippen molar-refractivity contribution in [1.29, 1.82) is 5.26 Å². The molecule has 0 aliphatic rings. The Morgan fingerprint density at radius 1 is 1.60 bits per heavy atom. The van der Waals surface area contributed by atoms with Crippen LogP contribution >= 0.6 is 0 Å². The number of aliphatic hydroxyl groups is 1. The fourth-order valence-electron chi connectivity index (χ4n) is 1.00. The van der Waals surface area contributed by atoms with Crippen molar-refractivity contribution >= 4 is 11.9 Å². The number of rotatable bonds is 5. The van der Waals surface area contributed by atoms with Gasteiger partial charge in [-0.2, -0.15) is 5.26 Å². The van der Waals surface area contributed by atoms with Crippen LogP contribution in [0.1, 0.15) is 13.3 Å². The molecule has 2 atom stereocenters. The van der Waals surface area contributed by atoms with Crippen LogP contribution in [0, 0.1) is 17.2 Å². The monoisotopic (exact) mass is 214 g/mol. The van der Waals surface area contributed by atoms with E-state index in [0.29, 0.717) is 0 Å². The number of nitriles is 1. The molecule has 6 nitrogen and oxygen atoms in total. The lowest BCUT2D eigenvalue weighted by Gasteiger charge is -2.16. The smallest absolute Gasteiger partial charge is 0.328 e. The van der Waals surface area contributed by atoms with Gasteiger partial charge in [-0.05, 0) is 13.3 Å². The molecule has 0 fully saturated rings. The van der Waals surface area contributed by atoms with Crippen molar-refractivity contribution in [2.45, 2.75) is 19.4 Å². The molecule has 2 N–H and O–H groups in total. The Morgan fingerprint density at radius 3 is 2.60 bits per heavy atom. The number of hydrogen-bond donors (Lipinski definition) is 2. The van der Waals surface area contributed by atoms with Crippen LogP contribution in [0.2, 0.25) is 0 Å². The zero-order chi connectivity index (χ0) is 11.8. The fraction of sp³-hybridized carbons (Fsp3) is 0.667. The molecule has 0 aliphatic carbocycles. The van der Waals surface area contributed by atoms with E-state index in [4.69, 9.17) is 10.4 Å². The van der Waals surface area contributed by atoms with Gasteiger partial charge < -0.3 is 15.2 Å². The third-order valence-corrected chi connectivity index (χ3v) is 1.77. The maximum Gasteiger partial charge on any atom is 0.328 e. The molecule has 0 saturated carbocycles. The predicted molar refractivity (Wildman–Crippen MR) is 50.4 cm³/mol. The normalized spacial score (nSPS) is 13.5. The second-order valence-corrected chi connectivity index (χ2v) is 3.07. The Balaban J connectivity index is 4.39. The molecule has 0 spiro atoms. The highest BCUT2D eigenvalue weighted by Crippen LogP contribution is 2.06. The maximum atomic E-state index is 11.2. The Hall–Kier alpha value is -1.61. The molecule has 0 aromatic rings. The van der Waals surface area contributed by atoms with Gasteiger partial charge in [-0.1, -0.05) is 0 Å². The summed E-state index contributed by atoms with van der Waals surface area (Å²) in [6, 6.07) is 1.06. The average molecular weight is 214 g/mol. The summed E-state index contributed by atoms with van der Waals surface area (Å²) < 4.78 is 4.46. The zero-order valence-electron chi connectivity index (χ0n) is 8.69. The first kappa shape index (κ1) is 13.4. The minimum Gasteiger partial charge on any atom is -0.467 e. The highest BCUT2D eigenvalue weighted by atomic mass is 16.5. The Morgan fingerprint density at radius 2 is 2.20 bits per heavy atom. The molecule has 6 heteroatoms. The van der Waals surface area contributed by atoms with Gasteiger partial charge in [0, 0.05) is 5.92 Å². The topological polar surface area (TPSA) is 99.4 Å². The lowest BCUT2D eigenvalue weighted by atomic mass is 10.0. The number of nitrogens with zero attached hydrogens (tertiary/aromatic N) is 1. The van der Waals surface area contributed by atoms with Gasteiger partial charge in [0.1, 0.15) is 12.6 Å².